The number of methoxy groups -OCH3 is 1. The van der Waals surface area contributed by atoms with Crippen LogP contribution in [0.1, 0.15) is 27.7 Å². The van der Waals surface area contributed by atoms with Crippen LogP contribution in [0.3, 0.4) is 0 Å². The molecule has 2 N–H and O–H groups in total. The molecule has 0 bridgehead atoms. The largest absolute Gasteiger partial charge is 0.479 e. The third kappa shape index (κ3) is 2.92. The Morgan fingerprint density at radius 3 is 2.00 bits per heavy atom. The number of carboxylic acids is 1. The average Bonchev–Trinajstić information content (AvgIpc) is 2.11. The van der Waals surface area contributed by atoms with Crippen molar-refractivity contribution >= 4 is 5.97 Å². The van der Waals surface area contributed by atoms with Gasteiger partial charge in [-0.15, -0.1) is 0 Å². The number of carbonyl (C=O) groups is 1. The maximum atomic E-state index is 11.2. The van der Waals surface area contributed by atoms with Crippen molar-refractivity contribution in [3.8, 4) is 0 Å². The Hall–Kier alpha value is -0.610. The summed E-state index contributed by atoms with van der Waals surface area (Å²) in [5, 5.41) is 19.4. The van der Waals surface area contributed by atoms with Crippen molar-refractivity contribution < 1.29 is 19.7 Å². The minimum atomic E-state index is -1.72. The molecule has 0 aliphatic heterocycles. The first-order chi connectivity index (χ1) is 6.78. The van der Waals surface area contributed by atoms with Crippen molar-refractivity contribution in [3.63, 3.8) is 0 Å². The van der Waals surface area contributed by atoms with Crippen LogP contribution in [0.2, 0.25) is 0 Å². The van der Waals surface area contributed by atoms with E-state index < -0.39 is 17.5 Å². The summed E-state index contributed by atoms with van der Waals surface area (Å²) >= 11 is 0. The second-order valence-electron chi connectivity index (χ2n) is 4.59. The first-order valence-electron chi connectivity index (χ1n) is 5.23. The molecular weight excluding hydrogens is 196 g/mol. The molecule has 0 fully saturated rings. The summed E-state index contributed by atoms with van der Waals surface area (Å²) in [5.74, 6) is -1.88. The molecule has 0 aliphatic rings. The van der Waals surface area contributed by atoms with Crippen LogP contribution in [0.5, 0.6) is 0 Å². The highest BCUT2D eigenvalue weighted by Gasteiger charge is 2.48. The Morgan fingerprint density at radius 1 is 1.33 bits per heavy atom. The lowest BCUT2D eigenvalue weighted by Crippen LogP contribution is -2.53. The zero-order valence-electron chi connectivity index (χ0n) is 10.2. The molecule has 4 nitrogen and oxygen atoms in total. The smallest absolute Gasteiger partial charge is 0.336 e. The number of rotatable bonds is 6. The molecule has 0 aliphatic carbocycles. The quantitative estimate of drug-likeness (QED) is 0.706. The van der Waals surface area contributed by atoms with Crippen molar-refractivity contribution in [3.05, 3.63) is 0 Å². The van der Waals surface area contributed by atoms with Crippen LogP contribution in [-0.4, -0.2) is 35.5 Å². The standard InChI is InChI=1S/C11H22O4/c1-7(2)9(6-15-5)11(14,8(3)4)10(12)13/h7-9,14H,6H2,1-5H3,(H,12,13). The number of carboxylic acid groups (broad SMARTS) is 1. The predicted octanol–water partition coefficient (Wildman–Crippen LogP) is 1.38. The number of aliphatic carboxylic acids is 1. The van der Waals surface area contributed by atoms with Crippen LogP contribution in [0.15, 0.2) is 0 Å². The number of hydrogen-bond acceptors (Lipinski definition) is 3. The molecule has 2 unspecified atom stereocenters. The molecule has 2 atom stereocenters. The summed E-state index contributed by atoms with van der Waals surface area (Å²) < 4.78 is 4.99. The predicted molar refractivity (Wildman–Crippen MR) is 57.6 cm³/mol. The van der Waals surface area contributed by atoms with Crippen LogP contribution in [0.4, 0.5) is 0 Å². The molecule has 90 valence electrons. The molecule has 0 aromatic rings. The second kappa shape index (κ2) is 5.47. The maximum Gasteiger partial charge on any atom is 0.336 e. The molecule has 15 heavy (non-hydrogen) atoms. The maximum absolute atomic E-state index is 11.2. The van der Waals surface area contributed by atoms with Crippen molar-refractivity contribution in [2.45, 2.75) is 33.3 Å². The van der Waals surface area contributed by atoms with E-state index >= 15 is 0 Å². The van der Waals surface area contributed by atoms with E-state index in [-0.39, 0.29) is 18.4 Å². The number of ether oxygens (including phenoxy) is 1. The van der Waals surface area contributed by atoms with E-state index in [9.17, 15) is 9.90 Å². The lowest BCUT2D eigenvalue weighted by atomic mass is 9.73. The normalized spacial score (nSPS) is 17.9. The van der Waals surface area contributed by atoms with Gasteiger partial charge in [-0.2, -0.15) is 0 Å². The van der Waals surface area contributed by atoms with E-state index in [2.05, 4.69) is 0 Å². The van der Waals surface area contributed by atoms with Crippen molar-refractivity contribution in [2.75, 3.05) is 13.7 Å². The van der Waals surface area contributed by atoms with Gasteiger partial charge in [-0.3, -0.25) is 0 Å². The Bertz CT molecular complexity index is 213. The molecule has 0 saturated heterocycles. The minimum Gasteiger partial charge on any atom is -0.479 e. The molecule has 0 radical (unpaired) electrons. The first-order valence-corrected chi connectivity index (χ1v) is 5.23. The molecule has 4 heteroatoms. The van der Waals surface area contributed by atoms with Gasteiger partial charge in [-0.05, 0) is 11.8 Å². The third-order valence-corrected chi connectivity index (χ3v) is 2.94. The van der Waals surface area contributed by atoms with Crippen LogP contribution in [0.25, 0.3) is 0 Å². The zero-order chi connectivity index (χ0) is 12.2. The lowest BCUT2D eigenvalue weighted by molar-refractivity contribution is -0.178. The Labute approximate surface area is 91.3 Å². The number of hydrogen-bond donors (Lipinski definition) is 2. The van der Waals surface area contributed by atoms with Gasteiger partial charge in [0.15, 0.2) is 5.60 Å². The van der Waals surface area contributed by atoms with Gasteiger partial charge in [0.25, 0.3) is 0 Å². The molecule has 0 rings (SSSR count). The van der Waals surface area contributed by atoms with E-state index in [1.54, 1.807) is 13.8 Å². The van der Waals surface area contributed by atoms with E-state index in [4.69, 9.17) is 9.84 Å². The van der Waals surface area contributed by atoms with Gasteiger partial charge in [-0.25, -0.2) is 4.79 Å². The van der Waals surface area contributed by atoms with Crippen LogP contribution >= 0.6 is 0 Å². The molecular formula is C11H22O4. The summed E-state index contributed by atoms with van der Waals surface area (Å²) in [6, 6.07) is 0. The summed E-state index contributed by atoms with van der Waals surface area (Å²) in [6.07, 6.45) is 0. The summed E-state index contributed by atoms with van der Waals surface area (Å²) in [6.45, 7) is 7.44. The second-order valence-corrected chi connectivity index (χ2v) is 4.59. The van der Waals surface area contributed by atoms with Gasteiger partial charge in [0.05, 0.1) is 6.61 Å². The van der Waals surface area contributed by atoms with E-state index in [1.165, 1.54) is 7.11 Å². The fourth-order valence-electron chi connectivity index (χ4n) is 1.84. The zero-order valence-corrected chi connectivity index (χ0v) is 10.2. The highest BCUT2D eigenvalue weighted by Crippen LogP contribution is 2.32. The fourth-order valence-corrected chi connectivity index (χ4v) is 1.84. The highest BCUT2D eigenvalue weighted by molar-refractivity contribution is 5.78. The average molecular weight is 218 g/mol. The van der Waals surface area contributed by atoms with Gasteiger partial charge in [0.1, 0.15) is 0 Å². The topological polar surface area (TPSA) is 66.8 Å². The van der Waals surface area contributed by atoms with Crippen molar-refractivity contribution in [2.24, 2.45) is 17.8 Å². The van der Waals surface area contributed by atoms with Gasteiger partial charge in [0.2, 0.25) is 0 Å². The fraction of sp³-hybridized carbons (Fsp3) is 0.909. The van der Waals surface area contributed by atoms with Crippen molar-refractivity contribution in [1.29, 1.82) is 0 Å². The van der Waals surface area contributed by atoms with Crippen molar-refractivity contribution in [1.82, 2.24) is 0 Å². The summed E-state index contributed by atoms with van der Waals surface area (Å²) in [7, 11) is 1.51. The molecule has 0 amide bonds. The van der Waals surface area contributed by atoms with Crippen LogP contribution in [0, 0.1) is 17.8 Å². The van der Waals surface area contributed by atoms with E-state index in [0.717, 1.165) is 0 Å². The molecule has 0 heterocycles. The van der Waals surface area contributed by atoms with Crippen LogP contribution < -0.4 is 0 Å². The lowest BCUT2D eigenvalue weighted by Gasteiger charge is -2.37. The Balaban J connectivity index is 5.09. The third-order valence-electron chi connectivity index (χ3n) is 2.94. The Kier molecular flexibility index (Phi) is 5.24. The molecule has 0 aromatic heterocycles. The van der Waals surface area contributed by atoms with Gasteiger partial charge >= 0.3 is 5.97 Å². The SMILES string of the molecule is COCC(C(C)C)C(O)(C(=O)O)C(C)C. The Morgan fingerprint density at radius 2 is 1.80 bits per heavy atom. The van der Waals surface area contributed by atoms with Gasteiger partial charge < -0.3 is 14.9 Å². The highest BCUT2D eigenvalue weighted by atomic mass is 16.5. The molecule has 0 saturated carbocycles. The summed E-state index contributed by atoms with van der Waals surface area (Å²) in [5.41, 5.74) is -1.72. The minimum absolute atomic E-state index is 0.0495. The van der Waals surface area contributed by atoms with Crippen LogP contribution in [-0.2, 0) is 9.53 Å². The summed E-state index contributed by atoms with van der Waals surface area (Å²) in [4.78, 5) is 11.2. The first kappa shape index (κ1) is 14.4. The molecule has 0 aromatic carbocycles. The number of aliphatic hydroxyl groups is 1. The van der Waals surface area contributed by atoms with Gasteiger partial charge in [-0.1, -0.05) is 27.7 Å². The van der Waals surface area contributed by atoms with Gasteiger partial charge in [0, 0.05) is 13.0 Å². The molecule has 0 spiro atoms. The van der Waals surface area contributed by atoms with E-state index in [1.807, 2.05) is 13.8 Å². The van der Waals surface area contributed by atoms with E-state index in [0.29, 0.717) is 0 Å². The monoisotopic (exact) mass is 218 g/mol.